The minimum Gasteiger partial charge on any atom is -0.497 e. The summed E-state index contributed by atoms with van der Waals surface area (Å²) in [6.45, 7) is 5.20. The van der Waals surface area contributed by atoms with Crippen molar-refractivity contribution in [3.05, 3.63) is 125 Å². The number of nitrogens with zero attached hydrogens (tertiary/aromatic N) is 2. The normalized spacial score (nSPS) is 14.1. The predicted octanol–water partition coefficient (Wildman–Crippen LogP) is 6.90. The van der Waals surface area contributed by atoms with E-state index in [4.69, 9.17) is 4.74 Å². The van der Waals surface area contributed by atoms with Crippen LogP contribution in [0.1, 0.15) is 59.9 Å². The average molecular weight is 682 g/mol. The second-order valence-electron chi connectivity index (χ2n) is 13.0. The Morgan fingerprint density at radius 1 is 0.816 bits per heavy atom. The molecule has 1 saturated carbocycles. The summed E-state index contributed by atoms with van der Waals surface area (Å²) < 4.78 is 35.5. The molecule has 0 heterocycles. The molecule has 0 spiro atoms. The van der Waals surface area contributed by atoms with Gasteiger partial charge in [0.1, 0.15) is 18.3 Å². The lowest BCUT2D eigenvalue weighted by Gasteiger charge is -2.35. The van der Waals surface area contributed by atoms with Crippen molar-refractivity contribution in [3.63, 3.8) is 0 Å². The SMILES string of the molecule is COc1cccc(CN(C(=O)CN(c2cc(C)ccc2C)S(=O)(=O)c2ccc(C)cc2)[C@H](Cc2ccccc2)C(=O)NC2CCCCC2)c1. The van der Waals surface area contributed by atoms with Crippen molar-refractivity contribution in [3.8, 4) is 5.75 Å². The molecule has 49 heavy (non-hydrogen) atoms. The van der Waals surface area contributed by atoms with Crippen LogP contribution in [0.25, 0.3) is 0 Å². The maximum atomic E-state index is 14.9. The molecule has 0 aromatic heterocycles. The molecular formula is C40H47N3O5S. The lowest BCUT2D eigenvalue weighted by molar-refractivity contribution is -0.140. The molecule has 0 saturated heterocycles. The molecule has 1 N–H and O–H groups in total. The number of amides is 2. The number of nitrogens with one attached hydrogen (secondary N) is 1. The zero-order chi connectivity index (χ0) is 35.0. The first kappa shape index (κ1) is 35.7. The smallest absolute Gasteiger partial charge is 0.264 e. The first-order valence-corrected chi connectivity index (χ1v) is 18.4. The summed E-state index contributed by atoms with van der Waals surface area (Å²) in [5, 5.41) is 3.26. The highest BCUT2D eigenvalue weighted by Gasteiger charge is 2.36. The summed E-state index contributed by atoms with van der Waals surface area (Å²) in [5.74, 6) is -0.110. The van der Waals surface area contributed by atoms with Crippen LogP contribution in [0.3, 0.4) is 0 Å². The fraction of sp³-hybridized carbons (Fsp3) is 0.350. The quantitative estimate of drug-likeness (QED) is 0.166. The molecule has 0 unspecified atom stereocenters. The lowest BCUT2D eigenvalue weighted by Crippen LogP contribution is -2.55. The van der Waals surface area contributed by atoms with Crippen molar-refractivity contribution in [2.45, 2.75) is 82.8 Å². The standard InChI is InChI=1S/C40H47N3O5S/c1-29-19-22-36(23-20-29)49(46,47)43(37-24-30(2)18-21-31(37)3)28-39(44)42(27-33-14-11-17-35(25-33)48-4)38(26-32-12-7-5-8-13-32)40(45)41-34-15-9-6-10-16-34/h5,7-8,11-14,17-25,34,38H,6,9-10,15-16,26-28H2,1-4H3,(H,41,45)/t38-/m1/s1. The Balaban J connectivity index is 1.59. The predicted molar refractivity (Wildman–Crippen MR) is 194 cm³/mol. The van der Waals surface area contributed by atoms with Crippen molar-refractivity contribution in [2.75, 3.05) is 18.0 Å². The van der Waals surface area contributed by atoms with E-state index in [0.717, 1.165) is 54.4 Å². The maximum Gasteiger partial charge on any atom is 0.264 e. The van der Waals surface area contributed by atoms with Gasteiger partial charge in [0.25, 0.3) is 10.0 Å². The monoisotopic (exact) mass is 681 g/mol. The van der Waals surface area contributed by atoms with Gasteiger partial charge in [0, 0.05) is 19.0 Å². The number of carbonyl (C=O) groups is 2. The number of rotatable bonds is 13. The van der Waals surface area contributed by atoms with E-state index in [2.05, 4.69) is 5.32 Å². The lowest BCUT2D eigenvalue weighted by atomic mass is 9.94. The molecule has 0 aliphatic heterocycles. The molecule has 0 radical (unpaired) electrons. The Labute approximate surface area is 291 Å². The molecular weight excluding hydrogens is 635 g/mol. The highest BCUT2D eigenvalue weighted by atomic mass is 32.2. The van der Waals surface area contributed by atoms with E-state index in [1.54, 1.807) is 42.3 Å². The van der Waals surface area contributed by atoms with Crippen LogP contribution in [-0.2, 0) is 32.6 Å². The van der Waals surface area contributed by atoms with Crippen molar-refractivity contribution >= 4 is 27.5 Å². The Morgan fingerprint density at radius 2 is 1.49 bits per heavy atom. The van der Waals surface area contributed by atoms with Crippen molar-refractivity contribution in [1.82, 2.24) is 10.2 Å². The van der Waals surface area contributed by atoms with Gasteiger partial charge in [-0.15, -0.1) is 0 Å². The molecule has 8 nitrogen and oxygen atoms in total. The second kappa shape index (κ2) is 16.2. The molecule has 258 valence electrons. The first-order chi connectivity index (χ1) is 23.5. The van der Waals surface area contributed by atoms with Crippen LogP contribution in [0.4, 0.5) is 5.69 Å². The molecule has 2 amide bonds. The third kappa shape index (κ3) is 9.09. The van der Waals surface area contributed by atoms with Gasteiger partial charge in [-0.25, -0.2) is 8.42 Å². The van der Waals surface area contributed by atoms with E-state index in [0.29, 0.717) is 17.0 Å². The van der Waals surface area contributed by atoms with Crippen LogP contribution >= 0.6 is 0 Å². The average Bonchev–Trinajstić information content (AvgIpc) is 3.10. The van der Waals surface area contributed by atoms with Crippen LogP contribution in [0, 0.1) is 20.8 Å². The fourth-order valence-corrected chi connectivity index (χ4v) is 7.88. The number of methoxy groups -OCH3 is 1. The van der Waals surface area contributed by atoms with Crippen LogP contribution in [0.15, 0.2) is 102 Å². The minimum atomic E-state index is -4.18. The summed E-state index contributed by atoms with van der Waals surface area (Å²) in [4.78, 5) is 30.8. The van der Waals surface area contributed by atoms with Crippen LogP contribution in [-0.4, -0.2) is 50.9 Å². The third-order valence-corrected chi connectivity index (χ3v) is 11.0. The highest BCUT2D eigenvalue weighted by molar-refractivity contribution is 7.92. The number of hydrogen-bond acceptors (Lipinski definition) is 5. The van der Waals surface area contributed by atoms with E-state index in [1.165, 1.54) is 4.31 Å². The van der Waals surface area contributed by atoms with Gasteiger partial charge in [-0.05, 0) is 86.2 Å². The number of aryl methyl sites for hydroxylation is 3. The molecule has 1 aliphatic rings. The van der Waals surface area contributed by atoms with Crippen LogP contribution < -0.4 is 14.4 Å². The molecule has 1 atom stereocenters. The Hall–Kier alpha value is -4.63. The van der Waals surface area contributed by atoms with Gasteiger partial charge in [-0.2, -0.15) is 0 Å². The number of benzene rings is 4. The first-order valence-electron chi connectivity index (χ1n) is 17.0. The van der Waals surface area contributed by atoms with Gasteiger partial charge in [0.15, 0.2) is 0 Å². The summed E-state index contributed by atoms with van der Waals surface area (Å²) in [6, 6.07) is 28.3. The molecule has 5 rings (SSSR count). The van der Waals surface area contributed by atoms with Crippen molar-refractivity contribution in [2.24, 2.45) is 0 Å². The molecule has 4 aromatic rings. The third-order valence-electron chi connectivity index (χ3n) is 9.23. The van der Waals surface area contributed by atoms with Gasteiger partial charge in [0.2, 0.25) is 11.8 Å². The Bertz CT molecular complexity index is 1840. The summed E-state index contributed by atoms with van der Waals surface area (Å²) >= 11 is 0. The van der Waals surface area contributed by atoms with Gasteiger partial charge in [-0.1, -0.05) is 91.6 Å². The molecule has 0 bridgehead atoms. The largest absolute Gasteiger partial charge is 0.497 e. The number of sulfonamides is 1. The van der Waals surface area contributed by atoms with Crippen LogP contribution in [0.2, 0.25) is 0 Å². The van der Waals surface area contributed by atoms with E-state index in [9.17, 15) is 18.0 Å². The Kier molecular flexibility index (Phi) is 11.8. The molecule has 1 aliphatic carbocycles. The van der Waals surface area contributed by atoms with Gasteiger partial charge >= 0.3 is 0 Å². The van der Waals surface area contributed by atoms with Crippen LogP contribution in [0.5, 0.6) is 5.75 Å². The number of carbonyl (C=O) groups excluding carboxylic acids is 2. The van der Waals surface area contributed by atoms with E-state index in [1.807, 2.05) is 87.5 Å². The summed E-state index contributed by atoms with van der Waals surface area (Å²) in [6.07, 6.45) is 5.28. The van der Waals surface area contributed by atoms with E-state index in [-0.39, 0.29) is 29.8 Å². The van der Waals surface area contributed by atoms with Crippen molar-refractivity contribution in [1.29, 1.82) is 0 Å². The fourth-order valence-electron chi connectivity index (χ4n) is 6.40. The zero-order valence-electron chi connectivity index (χ0n) is 28.9. The van der Waals surface area contributed by atoms with Gasteiger partial charge in [-0.3, -0.25) is 13.9 Å². The van der Waals surface area contributed by atoms with Gasteiger partial charge < -0.3 is 15.0 Å². The highest BCUT2D eigenvalue weighted by Crippen LogP contribution is 2.29. The maximum absolute atomic E-state index is 14.9. The van der Waals surface area contributed by atoms with E-state index >= 15 is 0 Å². The van der Waals surface area contributed by atoms with Crippen molar-refractivity contribution < 1.29 is 22.7 Å². The van der Waals surface area contributed by atoms with E-state index < -0.39 is 28.5 Å². The number of hydrogen-bond donors (Lipinski definition) is 1. The number of anilines is 1. The second-order valence-corrected chi connectivity index (χ2v) is 14.9. The molecule has 1 fully saturated rings. The summed E-state index contributed by atoms with van der Waals surface area (Å²) in [5.41, 5.74) is 4.57. The topological polar surface area (TPSA) is 96.0 Å². The summed E-state index contributed by atoms with van der Waals surface area (Å²) in [7, 11) is -2.61. The number of ether oxygens (including phenoxy) is 1. The zero-order valence-corrected chi connectivity index (χ0v) is 29.7. The molecule has 9 heteroatoms. The molecule has 4 aromatic carbocycles. The van der Waals surface area contributed by atoms with Gasteiger partial charge in [0.05, 0.1) is 17.7 Å². The minimum absolute atomic E-state index is 0.0293. The Morgan fingerprint density at radius 3 is 2.18 bits per heavy atom.